The Balaban J connectivity index is 2.36. The molecule has 0 radical (unpaired) electrons. The number of pyridine rings is 1. The van der Waals surface area contributed by atoms with Crippen molar-refractivity contribution in [3.63, 3.8) is 0 Å². The summed E-state index contributed by atoms with van der Waals surface area (Å²) in [5.41, 5.74) is 0.744. The molecule has 0 saturated heterocycles. The van der Waals surface area contributed by atoms with Gasteiger partial charge in [0.15, 0.2) is 8.68 Å². The van der Waals surface area contributed by atoms with Gasteiger partial charge in [0.1, 0.15) is 0 Å². The van der Waals surface area contributed by atoms with Crippen LogP contribution in [0.3, 0.4) is 0 Å². The van der Waals surface area contributed by atoms with Crippen molar-refractivity contribution in [2.75, 3.05) is 4.72 Å². The highest BCUT2D eigenvalue weighted by molar-refractivity contribution is 9.10. The third kappa shape index (κ3) is 3.00. The zero-order valence-electron chi connectivity index (χ0n) is 9.02. The highest BCUT2D eigenvalue weighted by Gasteiger charge is 2.21. The molecular formula is C9H7BrClN3O2S2. The molecule has 2 aromatic heterocycles. The minimum atomic E-state index is -3.68. The smallest absolute Gasteiger partial charge is 0.273 e. The summed E-state index contributed by atoms with van der Waals surface area (Å²) in [5, 5.41) is 0. The second-order valence-corrected chi connectivity index (χ2v) is 7.71. The Kier molecular flexibility index (Phi) is 3.90. The fraction of sp³-hybridized carbons (Fsp3) is 0.111. The van der Waals surface area contributed by atoms with Crippen LogP contribution in [0.5, 0.6) is 0 Å². The maximum Gasteiger partial charge on any atom is 0.273 e. The molecule has 1 N–H and O–H groups in total. The number of nitrogens with one attached hydrogen (secondary N) is 1. The second kappa shape index (κ2) is 5.12. The van der Waals surface area contributed by atoms with Crippen LogP contribution in [0.1, 0.15) is 5.69 Å². The largest absolute Gasteiger partial charge is 0.277 e. The predicted octanol–water partition coefficient (Wildman–Crippen LogP) is 3.06. The van der Waals surface area contributed by atoms with Crippen LogP contribution in [0, 0.1) is 6.92 Å². The first kappa shape index (κ1) is 13.7. The molecule has 0 saturated carbocycles. The SMILES string of the molecule is Cc1nc(Cl)sc1S(=O)(=O)Nc1cncc(Br)c1. The van der Waals surface area contributed by atoms with E-state index in [1.165, 1.54) is 6.20 Å². The first-order valence-corrected chi connectivity index (χ1v) is 8.12. The standard InChI is InChI=1S/C9H7BrClN3O2S2/c1-5-8(17-9(11)13-5)18(15,16)14-7-2-6(10)3-12-4-7/h2-4,14H,1H3. The number of thiazole rings is 1. The van der Waals surface area contributed by atoms with Gasteiger partial charge in [-0.25, -0.2) is 13.4 Å². The summed E-state index contributed by atoms with van der Waals surface area (Å²) < 4.78 is 27.6. The lowest BCUT2D eigenvalue weighted by atomic mass is 10.4. The highest BCUT2D eigenvalue weighted by Crippen LogP contribution is 2.28. The summed E-state index contributed by atoms with van der Waals surface area (Å²) in [6, 6.07) is 1.61. The molecule has 2 heterocycles. The Morgan fingerprint density at radius 2 is 2.17 bits per heavy atom. The number of aryl methyl sites for hydroxylation is 1. The van der Waals surface area contributed by atoms with Gasteiger partial charge < -0.3 is 0 Å². The molecule has 9 heteroatoms. The number of nitrogens with zero attached hydrogens (tertiary/aromatic N) is 2. The van der Waals surface area contributed by atoms with E-state index in [-0.39, 0.29) is 8.68 Å². The van der Waals surface area contributed by atoms with Gasteiger partial charge in [-0.1, -0.05) is 22.9 Å². The Bertz CT molecular complexity index is 687. The second-order valence-electron chi connectivity index (χ2n) is 3.34. The molecule has 0 spiro atoms. The van der Waals surface area contributed by atoms with Gasteiger partial charge in [0.05, 0.1) is 17.6 Å². The zero-order chi connectivity index (χ0) is 13.3. The van der Waals surface area contributed by atoms with Gasteiger partial charge in [-0.2, -0.15) is 0 Å². The van der Waals surface area contributed by atoms with Gasteiger partial charge >= 0.3 is 0 Å². The van der Waals surface area contributed by atoms with Crippen LogP contribution < -0.4 is 4.72 Å². The van der Waals surface area contributed by atoms with Crippen LogP contribution in [0.25, 0.3) is 0 Å². The lowest BCUT2D eigenvalue weighted by Crippen LogP contribution is -2.12. The maximum atomic E-state index is 12.1. The summed E-state index contributed by atoms with van der Waals surface area (Å²) in [4.78, 5) is 7.75. The minimum Gasteiger partial charge on any atom is -0.277 e. The van der Waals surface area contributed by atoms with E-state index >= 15 is 0 Å². The van der Waals surface area contributed by atoms with E-state index in [1.807, 2.05) is 0 Å². The number of rotatable bonds is 3. The van der Waals surface area contributed by atoms with Gasteiger partial charge in [0, 0.05) is 10.7 Å². The summed E-state index contributed by atoms with van der Waals surface area (Å²) in [7, 11) is -3.68. The molecule has 96 valence electrons. The van der Waals surface area contributed by atoms with Crippen molar-refractivity contribution in [1.29, 1.82) is 0 Å². The topological polar surface area (TPSA) is 72.0 Å². The molecule has 5 nitrogen and oxygen atoms in total. The Morgan fingerprint density at radius 3 is 2.72 bits per heavy atom. The van der Waals surface area contributed by atoms with E-state index in [1.54, 1.807) is 19.2 Å². The molecule has 0 aliphatic rings. The van der Waals surface area contributed by atoms with E-state index < -0.39 is 10.0 Å². The summed E-state index contributed by atoms with van der Waals surface area (Å²) in [5.74, 6) is 0. The number of hydrogen-bond donors (Lipinski definition) is 1. The van der Waals surface area contributed by atoms with Crippen LogP contribution in [-0.2, 0) is 10.0 Å². The fourth-order valence-corrected chi connectivity index (χ4v) is 4.41. The number of anilines is 1. The molecule has 2 rings (SSSR count). The van der Waals surface area contributed by atoms with Crippen LogP contribution >= 0.6 is 38.9 Å². The van der Waals surface area contributed by atoms with Crippen molar-refractivity contribution >= 4 is 54.6 Å². The molecule has 0 atom stereocenters. The molecule has 0 unspecified atom stereocenters. The molecule has 0 aliphatic carbocycles. The molecule has 0 bridgehead atoms. The third-order valence-electron chi connectivity index (χ3n) is 1.93. The van der Waals surface area contributed by atoms with E-state index in [9.17, 15) is 8.42 Å². The summed E-state index contributed by atoms with van der Waals surface area (Å²) in [6.07, 6.45) is 2.98. The lowest BCUT2D eigenvalue weighted by Gasteiger charge is -2.06. The molecule has 0 fully saturated rings. The predicted molar refractivity (Wildman–Crippen MR) is 74.6 cm³/mol. The monoisotopic (exact) mass is 367 g/mol. The number of sulfonamides is 1. The third-order valence-corrected chi connectivity index (χ3v) is 5.62. The molecular weight excluding hydrogens is 362 g/mol. The lowest BCUT2D eigenvalue weighted by molar-refractivity contribution is 0.602. The van der Waals surface area contributed by atoms with E-state index in [0.717, 1.165) is 11.3 Å². The normalized spacial score (nSPS) is 11.5. The van der Waals surface area contributed by atoms with Crippen LogP contribution in [-0.4, -0.2) is 18.4 Å². The minimum absolute atomic E-state index is 0.104. The number of hydrogen-bond acceptors (Lipinski definition) is 5. The average Bonchev–Trinajstić information content (AvgIpc) is 2.58. The zero-order valence-corrected chi connectivity index (χ0v) is 13.0. The molecule has 0 aliphatic heterocycles. The average molecular weight is 369 g/mol. The first-order valence-electron chi connectivity index (χ1n) is 4.65. The van der Waals surface area contributed by atoms with Crippen molar-refractivity contribution in [2.24, 2.45) is 0 Å². The van der Waals surface area contributed by atoms with Crippen molar-refractivity contribution in [3.8, 4) is 0 Å². The fourth-order valence-electron chi connectivity index (χ4n) is 1.27. The van der Waals surface area contributed by atoms with E-state index in [0.29, 0.717) is 15.9 Å². The molecule has 2 aromatic rings. The van der Waals surface area contributed by atoms with Crippen molar-refractivity contribution in [1.82, 2.24) is 9.97 Å². The Hall–Kier alpha value is -0.700. The molecule has 18 heavy (non-hydrogen) atoms. The van der Waals surface area contributed by atoms with Crippen molar-refractivity contribution in [3.05, 3.63) is 33.1 Å². The Morgan fingerprint density at radius 1 is 1.44 bits per heavy atom. The quantitative estimate of drug-likeness (QED) is 0.903. The summed E-state index contributed by atoms with van der Waals surface area (Å²) >= 11 is 9.83. The molecule has 0 amide bonds. The summed E-state index contributed by atoms with van der Waals surface area (Å²) in [6.45, 7) is 1.59. The van der Waals surface area contributed by atoms with Gasteiger partial charge in [-0.15, -0.1) is 0 Å². The van der Waals surface area contributed by atoms with E-state index in [4.69, 9.17) is 11.6 Å². The van der Waals surface area contributed by atoms with E-state index in [2.05, 4.69) is 30.6 Å². The first-order chi connectivity index (χ1) is 8.38. The Labute approximate surface area is 121 Å². The van der Waals surface area contributed by atoms with Crippen LogP contribution in [0.15, 0.2) is 27.1 Å². The van der Waals surface area contributed by atoms with Crippen molar-refractivity contribution < 1.29 is 8.42 Å². The van der Waals surface area contributed by atoms with Gasteiger partial charge in [0.25, 0.3) is 10.0 Å². The van der Waals surface area contributed by atoms with Gasteiger partial charge in [-0.05, 0) is 28.9 Å². The number of halogens is 2. The van der Waals surface area contributed by atoms with Gasteiger partial charge in [0.2, 0.25) is 0 Å². The maximum absolute atomic E-state index is 12.1. The van der Waals surface area contributed by atoms with Crippen LogP contribution in [0.2, 0.25) is 4.47 Å². The van der Waals surface area contributed by atoms with Gasteiger partial charge in [-0.3, -0.25) is 9.71 Å². The van der Waals surface area contributed by atoms with Crippen LogP contribution in [0.4, 0.5) is 5.69 Å². The van der Waals surface area contributed by atoms with Crippen molar-refractivity contribution in [2.45, 2.75) is 11.1 Å². The number of aromatic nitrogens is 2. The molecule has 0 aromatic carbocycles. The highest BCUT2D eigenvalue weighted by atomic mass is 79.9.